The molecule has 0 atom stereocenters. The van der Waals surface area contributed by atoms with E-state index in [1.807, 2.05) is 0 Å². The Hall–Kier alpha value is -2.57. The lowest BCUT2D eigenvalue weighted by molar-refractivity contribution is -0.384. The number of pyridine rings is 1. The van der Waals surface area contributed by atoms with E-state index in [0.29, 0.717) is 5.56 Å². The van der Waals surface area contributed by atoms with Crippen LogP contribution in [0.1, 0.15) is 5.56 Å². The van der Waals surface area contributed by atoms with E-state index in [0.717, 1.165) is 18.2 Å². The molecular weight excluding hydrogens is 256 g/mol. The second-order valence-corrected chi connectivity index (χ2v) is 3.76. The molecule has 0 radical (unpaired) electrons. The van der Waals surface area contributed by atoms with Gasteiger partial charge in [0.25, 0.3) is 0 Å². The number of anilines is 1. The highest BCUT2D eigenvalue weighted by molar-refractivity contribution is 5.55. The van der Waals surface area contributed by atoms with E-state index in [9.17, 15) is 18.9 Å². The Morgan fingerprint density at radius 3 is 2.58 bits per heavy atom. The minimum absolute atomic E-state index is 0.0343. The molecule has 5 nitrogen and oxygen atoms in total. The first-order valence-electron chi connectivity index (χ1n) is 5.34. The van der Waals surface area contributed by atoms with E-state index in [2.05, 4.69) is 10.3 Å². The molecule has 1 N–H and O–H groups in total. The van der Waals surface area contributed by atoms with Crippen LogP contribution < -0.4 is 5.32 Å². The maximum atomic E-state index is 13.0. The average Bonchev–Trinajstić information content (AvgIpc) is 2.35. The molecule has 0 bridgehead atoms. The summed E-state index contributed by atoms with van der Waals surface area (Å²) in [5, 5.41) is 13.4. The number of hydrogen-bond donors (Lipinski definition) is 1. The third kappa shape index (κ3) is 3.21. The predicted octanol–water partition coefficient (Wildman–Crippen LogP) is 2.88. The summed E-state index contributed by atoms with van der Waals surface area (Å²) in [6.45, 7) is 0.0343. The first-order valence-corrected chi connectivity index (χ1v) is 5.34. The van der Waals surface area contributed by atoms with Gasteiger partial charge in [0, 0.05) is 24.9 Å². The number of rotatable bonds is 4. The summed E-state index contributed by atoms with van der Waals surface area (Å²) >= 11 is 0. The number of benzene rings is 1. The predicted molar refractivity (Wildman–Crippen MR) is 64.6 cm³/mol. The maximum absolute atomic E-state index is 13.0. The van der Waals surface area contributed by atoms with Crippen LogP contribution in [0.2, 0.25) is 0 Å². The van der Waals surface area contributed by atoms with Crippen LogP contribution in [-0.4, -0.2) is 9.91 Å². The van der Waals surface area contributed by atoms with Crippen molar-refractivity contribution in [2.24, 2.45) is 0 Å². The van der Waals surface area contributed by atoms with Crippen LogP contribution in [-0.2, 0) is 6.54 Å². The Morgan fingerprint density at radius 2 is 1.95 bits per heavy atom. The molecular formula is C12H9F2N3O2. The highest BCUT2D eigenvalue weighted by Crippen LogP contribution is 2.21. The van der Waals surface area contributed by atoms with Gasteiger partial charge in [0.2, 0.25) is 5.82 Å². The number of aromatic nitrogens is 1. The highest BCUT2D eigenvalue weighted by Gasteiger charge is 2.13. The van der Waals surface area contributed by atoms with Crippen molar-refractivity contribution < 1.29 is 13.7 Å². The molecule has 0 spiro atoms. The fourth-order valence-corrected chi connectivity index (χ4v) is 1.58. The molecule has 19 heavy (non-hydrogen) atoms. The monoisotopic (exact) mass is 265 g/mol. The van der Waals surface area contributed by atoms with Gasteiger partial charge in [-0.2, -0.15) is 0 Å². The minimum atomic E-state index is -0.702. The molecule has 98 valence electrons. The molecule has 2 aromatic rings. The van der Waals surface area contributed by atoms with E-state index in [-0.39, 0.29) is 18.1 Å². The van der Waals surface area contributed by atoms with Crippen molar-refractivity contribution in [3.63, 3.8) is 0 Å². The van der Waals surface area contributed by atoms with Gasteiger partial charge in [0.15, 0.2) is 0 Å². The van der Waals surface area contributed by atoms with Crippen LogP contribution >= 0.6 is 0 Å². The van der Waals surface area contributed by atoms with Crippen LogP contribution in [0.4, 0.5) is 20.3 Å². The van der Waals surface area contributed by atoms with Crippen LogP contribution in [0.15, 0.2) is 36.5 Å². The van der Waals surface area contributed by atoms with Crippen LogP contribution in [0.25, 0.3) is 0 Å². The lowest BCUT2D eigenvalue weighted by Crippen LogP contribution is -2.05. The van der Waals surface area contributed by atoms with Gasteiger partial charge in [-0.05, 0) is 23.8 Å². The molecule has 0 fully saturated rings. The van der Waals surface area contributed by atoms with E-state index < -0.39 is 16.6 Å². The summed E-state index contributed by atoms with van der Waals surface area (Å²) in [4.78, 5) is 14.0. The lowest BCUT2D eigenvalue weighted by atomic mass is 10.2. The quantitative estimate of drug-likeness (QED) is 0.681. The van der Waals surface area contributed by atoms with Crippen LogP contribution in [0.5, 0.6) is 0 Å². The SMILES string of the molecule is O=[N+]([O-])c1cccnc1NCc1cc(F)cc(F)c1. The molecule has 0 saturated carbocycles. The Balaban J connectivity index is 2.16. The second-order valence-electron chi connectivity index (χ2n) is 3.76. The van der Waals surface area contributed by atoms with Gasteiger partial charge in [-0.15, -0.1) is 0 Å². The van der Waals surface area contributed by atoms with Gasteiger partial charge in [-0.3, -0.25) is 10.1 Å². The molecule has 0 saturated heterocycles. The Bertz CT molecular complexity index is 599. The Kier molecular flexibility index (Phi) is 3.65. The maximum Gasteiger partial charge on any atom is 0.311 e. The number of nitrogens with zero attached hydrogens (tertiary/aromatic N) is 2. The Morgan fingerprint density at radius 1 is 1.26 bits per heavy atom. The zero-order valence-corrected chi connectivity index (χ0v) is 9.64. The third-order valence-electron chi connectivity index (χ3n) is 2.37. The average molecular weight is 265 g/mol. The number of nitrogens with one attached hydrogen (secondary N) is 1. The molecule has 1 heterocycles. The first kappa shape index (κ1) is 12.9. The second kappa shape index (κ2) is 5.38. The molecule has 0 aliphatic rings. The van der Waals surface area contributed by atoms with Crippen molar-refractivity contribution in [1.29, 1.82) is 0 Å². The van der Waals surface area contributed by atoms with Crippen molar-refractivity contribution in [1.82, 2.24) is 4.98 Å². The molecule has 1 aromatic heterocycles. The van der Waals surface area contributed by atoms with Gasteiger partial charge in [-0.25, -0.2) is 13.8 Å². The fourth-order valence-electron chi connectivity index (χ4n) is 1.58. The van der Waals surface area contributed by atoms with Crippen molar-refractivity contribution >= 4 is 11.5 Å². The zero-order valence-electron chi connectivity index (χ0n) is 9.64. The van der Waals surface area contributed by atoms with Crippen molar-refractivity contribution in [2.75, 3.05) is 5.32 Å². The van der Waals surface area contributed by atoms with Gasteiger partial charge < -0.3 is 5.32 Å². The van der Waals surface area contributed by atoms with Gasteiger partial charge in [-0.1, -0.05) is 0 Å². The molecule has 7 heteroatoms. The molecule has 0 aliphatic carbocycles. The zero-order chi connectivity index (χ0) is 13.8. The van der Waals surface area contributed by atoms with Crippen molar-refractivity contribution in [3.8, 4) is 0 Å². The Labute approximate surface area is 107 Å². The van der Waals surface area contributed by atoms with Crippen LogP contribution in [0, 0.1) is 21.7 Å². The fraction of sp³-hybridized carbons (Fsp3) is 0.0833. The lowest BCUT2D eigenvalue weighted by Gasteiger charge is -2.06. The van der Waals surface area contributed by atoms with Gasteiger partial charge in [0.05, 0.1) is 4.92 Å². The standard InChI is InChI=1S/C12H9F2N3O2/c13-9-4-8(5-10(14)6-9)7-16-12-11(17(18)19)2-1-3-15-12/h1-6H,7H2,(H,15,16). The first-order chi connectivity index (χ1) is 9.06. The molecule has 0 aliphatic heterocycles. The van der Waals surface area contributed by atoms with Gasteiger partial charge >= 0.3 is 5.69 Å². The van der Waals surface area contributed by atoms with E-state index in [4.69, 9.17) is 0 Å². The van der Waals surface area contributed by atoms with Gasteiger partial charge in [0.1, 0.15) is 11.6 Å². The molecule has 0 amide bonds. The minimum Gasteiger partial charge on any atom is -0.360 e. The number of hydrogen-bond acceptors (Lipinski definition) is 4. The smallest absolute Gasteiger partial charge is 0.311 e. The summed E-state index contributed by atoms with van der Waals surface area (Å²) in [5.41, 5.74) is 0.136. The van der Waals surface area contributed by atoms with E-state index >= 15 is 0 Å². The van der Waals surface area contributed by atoms with E-state index in [1.54, 1.807) is 0 Å². The van der Waals surface area contributed by atoms with Crippen LogP contribution in [0.3, 0.4) is 0 Å². The highest BCUT2D eigenvalue weighted by atomic mass is 19.1. The largest absolute Gasteiger partial charge is 0.360 e. The molecule has 2 rings (SSSR count). The summed E-state index contributed by atoms with van der Waals surface area (Å²) in [6.07, 6.45) is 1.39. The van der Waals surface area contributed by atoms with E-state index in [1.165, 1.54) is 18.3 Å². The number of halogens is 2. The summed E-state index contributed by atoms with van der Waals surface area (Å²) in [6, 6.07) is 5.77. The summed E-state index contributed by atoms with van der Waals surface area (Å²) in [5.74, 6) is -1.35. The topological polar surface area (TPSA) is 68.1 Å². The normalized spacial score (nSPS) is 10.2. The van der Waals surface area contributed by atoms with Crippen molar-refractivity contribution in [2.45, 2.75) is 6.54 Å². The summed E-state index contributed by atoms with van der Waals surface area (Å²) in [7, 11) is 0. The molecule has 0 unspecified atom stereocenters. The number of nitro groups is 1. The third-order valence-corrected chi connectivity index (χ3v) is 2.37. The summed E-state index contributed by atoms with van der Waals surface area (Å²) < 4.78 is 25.9. The molecule has 1 aromatic carbocycles. The van der Waals surface area contributed by atoms with Crippen molar-refractivity contribution in [3.05, 3.63) is 63.8 Å².